The summed E-state index contributed by atoms with van der Waals surface area (Å²) in [7, 11) is 0. The molecular weight excluding hydrogens is 402 g/mol. The fourth-order valence-electron chi connectivity index (χ4n) is 3.07. The van der Waals surface area contributed by atoms with E-state index in [1.165, 1.54) is 0 Å². The number of aromatic nitrogens is 3. The number of hydrogen-bond donors (Lipinski definition) is 2. The number of benzene rings is 2. The van der Waals surface area contributed by atoms with Gasteiger partial charge in [0.15, 0.2) is 5.82 Å². The minimum absolute atomic E-state index is 0.122. The van der Waals surface area contributed by atoms with Crippen molar-refractivity contribution in [3.8, 4) is 11.4 Å². The Labute approximate surface area is 180 Å². The van der Waals surface area contributed by atoms with Gasteiger partial charge in [-0.2, -0.15) is 0 Å². The van der Waals surface area contributed by atoms with Gasteiger partial charge in [0, 0.05) is 17.8 Å². The maximum absolute atomic E-state index is 12.9. The SMILES string of the molecule is CCn1cnnc1-c1cccc(NC(=O)C(NC(=O)c2ccccc2Cl)C(C)C)c1. The molecule has 0 radical (unpaired) electrons. The predicted molar refractivity (Wildman–Crippen MR) is 117 cm³/mol. The van der Waals surface area contributed by atoms with Crippen molar-refractivity contribution in [3.05, 3.63) is 65.4 Å². The lowest BCUT2D eigenvalue weighted by Crippen LogP contribution is -2.47. The lowest BCUT2D eigenvalue weighted by Gasteiger charge is -2.22. The Hall–Kier alpha value is -3.19. The van der Waals surface area contributed by atoms with Gasteiger partial charge < -0.3 is 15.2 Å². The lowest BCUT2D eigenvalue weighted by molar-refractivity contribution is -0.118. The first-order valence-corrected chi connectivity index (χ1v) is 10.1. The van der Waals surface area contributed by atoms with Gasteiger partial charge in [-0.3, -0.25) is 9.59 Å². The molecule has 0 aliphatic heterocycles. The number of carbonyl (C=O) groups is 2. The first kappa shape index (κ1) is 21.5. The van der Waals surface area contributed by atoms with Crippen LogP contribution in [0.4, 0.5) is 5.69 Å². The summed E-state index contributed by atoms with van der Waals surface area (Å²) in [6.07, 6.45) is 1.67. The van der Waals surface area contributed by atoms with E-state index < -0.39 is 6.04 Å². The number of halogens is 1. The van der Waals surface area contributed by atoms with E-state index in [1.807, 2.05) is 43.5 Å². The molecule has 0 fully saturated rings. The van der Waals surface area contributed by atoms with Gasteiger partial charge in [0.1, 0.15) is 12.4 Å². The molecule has 2 aromatic carbocycles. The number of nitrogens with one attached hydrogen (secondary N) is 2. The van der Waals surface area contributed by atoms with E-state index in [0.29, 0.717) is 16.3 Å². The fourth-order valence-corrected chi connectivity index (χ4v) is 3.29. The van der Waals surface area contributed by atoms with Crippen molar-refractivity contribution in [1.29, 1.82) is 0 Å². The molecule has 156 valence electrons. The standard InChI is InChI=1S/C22H24ClN5O2/c1-4-28-13-24-27-20(28)15-8-7-9-16(12-15)25-22(30)19(14(2)3)26-21(29)17-10-5-6-11-18(17)23/h5-14,19H,4H2,1-3H3,(H,25,30)(H,26,29). The average molecular weight is 426 g/mol. The number of anilines is 1. The maximum Gasteiger partial charge on any atom is 0.253 e. The summed E-state index contributed by atoms with van der Waals surface area (Å²) in [5, 5.41) is 14.1. The zero-order valence-corrected chi connectivity index (χ0v) is 17.8. The number of carbonyl (C=O) groups excluding carboxylic acids is 2. The Bertz CT molecular complexity index is 1050. The van der Waals surface area contributed by atoms with E-state index in [2.05, 4.69) is 20.8 Å². The van der Waals surface area contributed by atoms with E-state index >= 15 is 0 Å². The van der Waals surface area contributed by atoms with Crippen LogP contribution in [0.2, 0.25) is 5.02 Å². The molecule has 2 amide bonds. The van der Waals surface area contributed by atoms with Crippen molar-refractivity contribution in [3.63, 3.8) is 0 Å². The van der Waals surface area contributed by atoms with Crippen LogP contribution in [0.1, 0.15) is 31.1 Å². The fraction of sp³-hybridized carbons (Fsp3) is 0.273. The van der Waals surface area contributed by atoms with Gasteiger partial charge in [0.25, 0.3) is 5.91 Å². The molecule has 30 heavy (non-hydrogen) atoms. The third-order valence-electron chi connectivity index (χ3n) is 4.70. The largest absolute Gasteiger partial charge is 0.340 e. The molecule has 0 aliphatic rings. The quantitative estimate of drug-likeness (QED) is 0.598. The number of nitrogens with zero attached hydrogens (tertiary/aromatic N) is 3. The van der Waals surface area contributed by atoms with Crippen molar-refractivity contribution >= 4 is 29.1 Å². The highest BCUT2D eigenvalue weighted by molar-refractivity contribution is 6.33. The number of aryl methyl sites for hydroxylation is 1. The highest BCUT2D eigenvalue weighted by atomic mass is 35.5. The van der Waals surface area contributed by atoms with Gasteiger partial charge in [-0.15, -0.1) is 10.2 Å². The molecule has 0 saturated heterocycles. The Balaban J connectivity index is 1.76. The normalized spacial score (nSPS) is 11.9. The van der Waals surface area contributed by atoms with Crippen LogP contribution in [-0.4, -0.2) is 32.6 Å². The molecule has 0 bridgehead atoms. The molecule has 2 N–H and O–H groups in total. The second-order valence-electron chi connectivity index (χ2n) is 7.19. The Morgan fingerprint density at radius 2 is 1.90 bits per heavy atom. The summed E-state index contributed by atoms with van der Waals surface area (Å²) >= 11 is 6.11. The molecule has 1 atom stereocenters. The zero-order chi connectivity index (χ0) is 21.7. The van der Waals surface area contributed by atoms with Crippen LogP contribution in [0.15, 0.2) is 54.9 Å². The number of amides is 2. The van der Waals surface area contributed by atoms with Crippen LogP contribution >= 0.6 is 11.6 Å². The molecule has 3 rings (SSSR count). The minimum atomic E-state index is -0.725. The Morgan fingerprint density at radius 1 is 1.13 bits per heavy atom. The van der Waals surface area contributed by atoms with Gasteiger partial charge in [-0.1, -0.05) is 49.7 Å². The van der Waals surface area contributed by atoms with Crippen molar-refractivity contribution in [2.24, 2.45) is 5.92 Å². The molecule has 1 aromatic heterocycles. The van der Waals surface area contributed by atoms with Gasteiger partial charge in [0.2, 0.25) is 5.91 Å². The van der Waals surface area contributed by atoms with E-state index in [9.17, 15) is 9.59 Å². The van der Waals surface area contributed by atoms with Crippen LogP contribution in [0.3, 0.4) is 0 Å². The highest BCUT2D eigenvalue weighted by Crippen LogP contribution is 2.21. The molecule has 7 nitrogen and oxygen atoms in total. The molecule has 0 spiro atoms. The zero-order valence-electron chi connectivity index (χ0n) is 17.1. The maximum atomic E-state index is 12.9. The first-order chi connectivity index (χ1) is 14.4. The highest BCUT2D eigenvalue weighted by Gasteiger charge is 2.25. The molecule has 3 aromatic rings. The van der Waals surface area contributed by atoms with Gasteiger partial charge in [0.05, 0.1) is 10.6 Å². The van der Waals surface area contributed by atoms with E-state index in [1.54, 1.807) is 36.7 Å². The summed E-state index contributed by atoms with van der Waals surface area (Å²) in [6.45, 7) is 6.49. The lowest BCUT2D eigenvalue weighted by atomic mass is 10.0. The second-order valence-corrected chi connectivity index (χ2v) is 7.59. The molecular formula is C22H24ClN5O2. The minimum Gasteiger partial charge on any atom is -0.340 e. The molecule has 1 unspecified atom stereocenters. The van der Waals surface area contributed by atoms with Crippen molar-refractivity contribution in [1.82, 2.24) is 20.1 Å². The van der Waals surface area contributed by atoms with E-state index in [0.717, 1.165) is 17.9 Å². The third kappa shape index (κ3) is 4.86. The summed E-state index contributed by atoms with van der Waals surface area (Å²) < 4.78 is 1.92. The molecule has 0 aliphatic carbocycles. The Morgan fingerprint density at radius 3 is 2.60 bits per heavy atom. The summed E-state index contributed by atoms with van der Waals surface area (Å²) in [4.78, 5) is 25.6. The molecule has 1 heterocycles. The Kier molecular flexibility index (Phi) is 6.84. The molecule has 0 saturated carbocycles. The summed E-state index contributed by atoms with van der Waals surface area (Å²) in [5.41, 5.74) is 1.78. The van der Waals surface area contributed by atoms with Crippen LogP contribution in [0.25, 0.3) is 11.4 Å². The average Bonchev–Trinajstić information content (AvgIpc) is 3.21. The van der Waals surface area contributed by atoms with Gasteiger partial charge in [-0.05, 0) is 37.1 Å². The first-order valence-electron chi connectivity index (χ1n) is 9.75. The van der Waals surface area contributed by atoms with Crippen LogP contribution in [0, 0.1) is 5.92 Å². The third-order valence-corrected chi connectivity index (χ3v) is 5.03. The predicted octanol–water partition coefficient (Wildman–Crippen LogP) is 4.01. The van der Waals surface area contributed by atoms with Gasteiger partial charge in [-0.25, -0.2) is 0 Å². The van der Waals surface area contributed by atoms with E-state index in [4.69, 9.17) is 11.6 Å². The van der Waals surface area contributed by atoms with Crippen molar-refractivity contribution in [2.45, 2.75) is 33.4 Å². The summed E-state index contributed by atoms with van der Waals surface area (Å²) in [5.74, 6) is -0.0948. The smallest absolute Gasteiger partial charge is 0.253 e. The van der Waals surface area contributed by atoms with Crippen LogP contribution < -0.4 is 10.6 Å². The molecule has 8 heteroatoms. The monoisotopic (exact) mass is 425 g/mol. The van der Waals surface area contributed by atoms with Crippen molar-refractivity contribution < 1.29 is 9.59 Å². The topological polar surface area (TPSA) is 88.9 Å². The summed E-state index contributed by atoms with van der Waals surface area (Å²) in [6, 6.07) is 13.4. The second kappa shape index (κ2) is 9.54. The number of hydrogen-bond acceptors (Lipinski definition) is 4. The van der Waals surface area contributed by atoms with E-state index in [-0.39, 0.29) is 17.7 Å². The number of rotatable bonds is 7. The van der Waals surface area contributed by atoms with Crippen molar-refractivity contribution in [2.75, 3.05) is 5.32 Å². The van der Waals surface area contributed by atoms with Crippen LogP contribution in [-0.2, 0) is 11.3 Å². The van der Waals surface area contributed by atoms with Gasteiger partial charge >= 0.3 is 0 Å². The van der Waals surface area contributed by atoms with Crippen LogP contribution in [0.5, 0.6) is 0 Å².